The molecule has 7 heteroatoms. The Morgan fingerprint density at radius 3 is 2.47 bits per heavy atom. The molecule has 0 aromatic heterocycles. The fraction of sp³-hybridized carbons (Fsp3) is 0.680. The average molecular weight is 445 g/mol. The van der Waals surface area contributed by atoms with E-state index in [2.05, 4.69) is 13.8 Å². The van der Waals surface area contributed by atoms with Crippen molar-refractivity contribution >= 4 is 11.9 Å². The number of methoxy groups -OCH3 is 1. The number of cyclic esters (lactones) is 1. The topological polar surface area (TPSA) is 91.3 Å². The summed E-state index contributed by atoms with van der Waals surface area (Å²) in [6.45, 7) is 9.90. The third kappa shape index (κ3) is 2.46. The first-order valence-corrected chi connectivity index (χ1v) is 11.4. The molecule has 5 rings (SSSR count). The van der Waals surface area contributed by atoms with Gasteiger partial charge in [0, 0.05) is 28.9 Å². The molecule has 174 valence electrons. The van der Waals surface area contributed by atoms with Crippen LogP contribution < -0.4 is 9.47 Å². The number of hydrogen-bond acceptors (Lipinski definition) is 7. The molecule has 32 heavy (non-hydrogen) atoms. The van der Waals surface area contributed by atoms with Crippen molar-refractivity contribution in [1.82, 2.24) is 0 Å². The van der Waals surface area contributed by atoms with Crippen LogP contribution in [-0.2, 0) is 27.3 Å². The van der Waals surface area contributed by atoms with E-state index >= 15 is 0 Å². The maximum Gasteiger partial charge on any atom is 0.342 e. The number of fused-ring (bicyclic) bond motifs is 5. The van der Waals surface area contributed by atoms with Crippen molar-refractivity contribution in [1.29, 1.82) is 0 Å². The van der Waals surface area contributed by atoms with Gasteiger partial charge in [-0.05, 0) is 58.9 Å². The van der Waals surface area contributed by atoms with E-state index in [0.29, 0.717) is 43.4 Å². The quantitative estimate of drug-likeness (QED) is 0.697. The van der Waals surface area contributed by atoms with Gasteiger partial charge in [0.05, 0.1) is 12.7 Å². The highest BCUT2D eigenvalue weighted by molar-refractivity contribution is 5.98. The number of carbonyl (C=O) groups excluding carboxylic acids is 2. The zero-order valence-electron chi connectivity index (χ0n) is 19.7. The lowest BCUT2D eigenvalue weighted by Gasteiger charge is -2.66. The lowest BCUT2D eigenvalue weighted by Crippen LogP contribution is -2.74. The van der Waals surface area contributed by atoms with Crippen molar-refractivity contribution < 1.29 is 33.6 Å². The van der Waals surface area contributed by atoms with E-state index in [1.165, 1.54) is 0 Å². The van der Waals surface area contributed by atoms with Crippen molar-refractivity contribution in [2.45, 2.75) is 90.1 Å². The second kappa shape index (κ2) is 6.40. The van der Waals surface area contributed by atoms with Gasteiger partial charge in [-0.2, -0.15) is 0 Å². The first-order valence-electron chi connectivity index (χ1n) is 11.4. The summed E-state index contributed by atoms with van der Waals surface area (Å²) in [4.78, 5) is 24.9. The molecule has 0 radical (unpaired) electrons. The first-order chi connectivity index (χ1) is 14.9. The number of rotatable bonds is 2. The predicted molar refractivity (Wildman–Crippen MR) is 115 cm³/mol. The van der Waals surface area contributed by atoms with Gasteiger partial charge in [-0.3, -0.25) is 4.79 Å². The van der Waals surface area contributed by atoms with Crippen molar-refractivity contribution in [2.75, 3.05) is 7.11 Å². The minimum atomic E-state index is -1.22. The molecule has 1 saturated carbocycles. The van der Waals surface area contributed by atoms with E-state index in [9.17, 15) is 14.7 Å². The van der Waals surface area contributed by atoms with Crippen molar-refractivity contribution in [3.05, 3.63) is 22.3 Å². The molecule has 1 aromatic carbocycles. The lowest BCUT2D eigenvalue weighted by molar-refractivity contribution is -0.289. The Balaban J connectivity index is 1.71. The van der Waals surface area contributed by atoms with Crippen LogP contribution in [-0.4, -0.2) is 41.0 Å². The van der Waals surface area contributed by atoms with Gasteiger partial charge >= 0.3 is 11.9 Å². The summed E-state index contributed by atoms with van der Waals surface area (Å²) >= 11 is 0. The number of hydrogen-bond donors (Lipinski definition) is 1. The van der Waals surface area contributed by atoms with Gasteiger partial charge in [0.25, 0.3) is 0 Å². The molecule has 3 aliphatic heterocycles. The number of carbonyl (C=O) groups is 2. The normalized spacial score (nSPS) is 35.5. The van der Waals surface area contributed by atoms with Gasteiger partial charge in [-0.25, -0.2) is 4.79 Å². The SMILES string of the molecule is COc1c2c(c(C)c3c1C(=O)OC3)O[C@]1(C)CCC3(C(C)(C)O)OC(=O)CC[C@@]3(C)[C@@H]1C2. The second-order valence-electron chi connectivity index (χ2n) is 10.8. The Labute approximate surface area is 188 Å². The minimum absolute atomic E-state index is 0.0560. The summed E-state index contributed by atoms with van der Waals surface area (Å²) in [5.74, 6) is 0.591. The summed E-state index contributed by atoms with van der Waals surface area (Å²) in [6, 6.07) is 0. The van der Waals surface area contributed by atoms with Crippen LogP contribution in [0.5, 0.6) is 11.5 Å². The zero-order chi connectivity index (χ0) is 23.3. The Hall–Kier alpha value is -2.28. The standard InChI is InChI=1S/C25H32O7/c1-13-15-12-30-21(27)18(15)20(29-6)14-11-16-23(4)8-7-17(26)31-25(23,22(2,3)28)10-9-24(16,5)32-19(13)14/h16,28H,7-12H2,1-6H3/t16-,23-,24+,25?/m0/s1. The molecular weight excluding hydrogens is 412 g/mol. The van der Waals surface area contributed by atoms with Crippen LogP contribution in [0, 0.1) is 18.3 Å². The van der Waals surface area contributed by atoms with Gasteiger partial charge in [0.2, 0.25) is 0 Å². The van der Waals surface area contributed by atoms with Crippen molar-refractivity contribution in [3.8, 4) is 11.5 Å². The van der Waals surface area contributed by atoms with Gasteiger partial charge in [0.15, 0.2) is 0 Å². The Bertz CT molecular complexity index is 1040. The third-order valence-electron chi connectivity index (χ3n) is 8.90. The summed E-state index contributed by atoms with van der Waals surface area (Å²) in [6.07, 6.45) is 2.66. The Morgan fingerprint density at radius 2 is 1.81 bits per heavy atom. The molecule has 3 heterocycles. The molecule has 1 aromatic rings. The number of aliphatic hydroxyl groups is 1. The summed E-state index contributed by atoms with van der Waals surface area (Å²) in [7, 11) is 1.57. The lowest BCUT2D eigenvalue weighted by atomic mass is 9.46. The van der Waals surface area contributed by atoms with Crippen molar-refractivity contribution in [3.63, 3.8) is 0 Å². The van der Waals surface area contributed by atoms with Crippen LogP contribution in [0.3, 0.4) is 0 Å². The highest BCUT2D eigenvalue weighted by Crippen LogP contribution is 2.65. The molecule has 4 aliphatic rings. The van der Waals surface area contributed by atoms with Gasteiger partial charge in [-0.1, -0.05) is 6.92 Å². The van der Waals surface area contributed by atoms with E-state index < -0.39 is 22.2 Å². The highest BCUT2D eigenvalue weighted by atomic mass is 16.6. The van der Waals surface area contributed by atoms with Crippen LogP contribution >= 0.6 is 0 Å². The van der Waals surface area contributed by atoms with Crippen LogP contribution in [0.2, 0.25) is 0 Å². The molecule has 2 fully saturated rings. The molecule has 1 unspecified atom stereocenters. The summed E-state index contributed by atoms with van der Waals surface area (Å²) < 4.78 is 23.9. The number of ether oxygens (including phenoxy) is 4. The van der Waals surface area contributed by atoms with E-state index in [-0.39, 0.29) is 24.5 Å². The molecule has 0 amide bonds. The third-order valence-corrected chi connectivity index (χ3v) is 8.90. The second-order valence-corrected chi connectivity index (χ2v) is 10.8. The van der Waals surface area contributed by atoms with Crippen LogP contribution in [0.15, 0.2) is 0 Å². The molecule has 4 atom stereocenters. The molecule has 0 spiro atoms. The molecule has 1 aliphatic carbocycles. The predicted octanol–water partition coefficient (Wildman–Crippen LogP) is 3.63. The van der Waals surface area contributed by atoms with Gasteiger partial charge < -0.3 is 24.1 Å². The maximum atomic E-state index is 12.5. The molecule has 0 bridgehead atoms. The highest BCUT2D eigenvalue weighted by Gasteiger charge is 2.71. The molecule has 1 N–H and O–H groups in total. The molecule has 7 nitrogen and oxygen atoms in total. The smallest absolute Gasteiger partial charge is 0.342 e. The van der Waals surface area contributed by atoms with E-state index in [1.54, 1.807) is 21.0 Å². The van der Waals surface area contributed by atoms with E-state index in [4.69, 9.17) is 18.9 Å². The Morgan fingerprint density at radius 1 is 1.09 bits per heavy atom. The minimum Gasteiger partial charge on any atom is -0.495 e. The fourth-order valence-corrected chi connectivity index (χ4v) is 7.22. The van der Waals surface area contributed by atoms with Gasteiger partial charge in [-0.15, -0.1) is 0 Å². The maximum absolute atomic E-state index is 12.5. The van der Waals surface area contributed by atoms with Crippen molar-refractivity contribution in [2.24, 2.45) is 11.3 Å². The van der Waals surface area contributed by atoms with Gasteiger partial charge in [0.1, 0.15) is 34.9 Å². The summed E-state index contributed by atoms with van der Waals surface area (Å²) in [5, 5.41) is 11.3. The molecular formula is C25H32O7. The zero-order valence-corrected chi connectivity index (χ0v) is 19.7. The number of benzene rings is 1. The monoisotopic (exact) mass is 444 g/mol. The van der Waals surface area contributed by atoms with Crippen LogP contribution in [0.25, 0.3) is 0 Å². The summed E-state index contributed by atoms with van der Waals surface area (Å²) in [5.41, 5.74) is -0.182. The number of esters is 2. The van der Waals surface area contributed by atoms with Crippen LogP contribution in [0.4, 0.5) is 0 Å². The molecule has 1 saturated heterocycles. The Kier molecular flexibility index (Phi) is 4.31. The largest absolute Gasteiger partial charge is 0.495 e. The van der Waals surface area contributed by atoms with E-state index in [1.807, 2.05) is 6.92 Å². The first kappa shape index (κ1) is 21.6. The van der Waals surface area contributed by atoms with Crippen LogP contribution in [0.1, 0.15) is 80.4 Å². The fourth-order valence-electron chi connectivity index (χ4n) is 7.22. The average Bonchev–Trinajstić information content (AvgIpc) is 3.10. The van der Waals surface area contributed by atoms with E-state index in [0.717, 1.165) is 22.4 Å².